The number of carboxylic acid groups (broad SMARTS) is 2. The Hall–Kier alpha value is -0.380. The third-order valence-electron chi connectivity index (χ3n) is 0.268. The molecule has 0 aliphatic rings. The van der Waals surface area contributed by atoms with Crippen LogP contribution in [0, 0.1) is 0 Å². The molecule has 9 heteroatoms. The topological polar surface area (TPSA) is 89.5 Å². The van der Waals surface area contributed by atoms with E-state index in [2.05, 4.69) is 54.8 Å². The van der Waals surface area contributed by atoms with Gasteiger partial charge in [0.15, 0.2) is 0 Å². The molecule has 0 aliphatic carbocycles. The lowest BCUT2D eigenvalue weighted by atomic mass is 10.9. The Labute approximate surface area is 103 Å². The Morgan fingerprint density at radius 3 is 1.57 bits per heavy atom. The van der Waals surface area contributed by atoms with Crippen LogP contribution >= 0.6 is 24.8 Å². The fraction of sp³-hybridized carbons (Fsp3) is 0.400. The summed E-state index contributed by atoms with van der Waals surface area (Å²) in [6, 6.07) is 0. The molecule has 0 aliphatic heterocycles. The Bertz CT molecular complexity index is 163. The van der Waals surface area contributed by atoms with Gasteiger partial charge in [-0.1, -0.05) is 23.2 Å². The summed E-state index contributed by atoms with van der Waals surface area (Å²) >= 11 is 15.0. The van der Waals surface area contributed by atoms with Crippen LogP contribution in [0.1, 0.15) is 6.92 Å². The molecule has 0 saturated carbocycles. The van der Waals surface area contributed by atoms with Gasteiger partial charge in [0.25, 0.3) is 0 Å². The van der Waals surface area contributed by atoms with E-state index in [1.54, 1.807) is 0 Å². The largest absolute Gasteiger partial charge is 0.764 e. The van der Waals surface area contributed by atoms with E-state index in [0.29, 0.717) is 11.0 Å². The molecular formula is C5H6O5S4-4. The maximum atomic E-state index is 8.70. The highest BCUT2D eigenvalue weighted by atomic mass is 32.1. The van der Waals surface area contributed by atoms with Gasteiger partial charge in [0.05, 0.1) is 6.61 Å². The molecule has 0 N–H and O–H groups in total. The van der Waals surface area contributed by atoms with E-state index in [4.69, 9.17) is 19.8 Å². The molecule has 14 heavy (non-hydrogen) atoms. The molecule has 0 atom stereocenters. The number of hydrogen-bond donors (Lipinski definition) is 1. The summed E-state index contributed by atoms with van der Waals surface area (Å²) in [6.07, 6.45) is 0. The first kappa shape index (κ1) is 19.2. The van der Waals surface area contributed by atoms with Crippen LogP contribution in [0.5, 0.6) is 0 Å². The molecule has 0 radical (unpaired) electrons. The van der Waals surface area contributed by atoms with Gasteiger partial charge in [0.1, 0.15) is 0 Å². The van der Waals surface area contributed by atoms with Crippen molar-refractivity contribution in [1.29, 1.82) is 0 Å². The number of thiol groups is 1. The van der Waals surface area contributed by atoms with E-state index < -0.39 is 10.6 Å². The summed E-state index contributed by atoms with van der Waals surface area (Å²) in [6.45, 7) is 2.48. The van der Waals surface area contributed by atoms with Gasteiger partial charge in [-0.3, -0.25) is 0 Å². The summed E-state index contributed by atoms with van der Waals surface area (Å²) in [7, 11) is 0. The third kappa shape index (κ3) is 191. The number of thiocarbonyl (C=S) groups is 1. The first-order valence-corrected chi connectivity index (χ1v) is 4.52. The minimum Gasteiger partial charge on any atom is -0.764 e. The van der Waals surface area contributed by atoms with E-state index in [1.165, 1.54) is 0 Å². The number of ether oxygens (including phenoxy) is 1. The van der Waals surface area contributed by atoms with E-state index in [0.717, 1.165) is 0 Å². The van der Waals surface area contributed by atoms with Crippen LogP contribution in [0.4, 0.5) is 9.59 Å². The smallest absolute Gasteiger partial charge is 0.216 e. The second-order valence-corrected chi connectivity index (χ2v) is 2.95. The SMILES string of the molecule is CCOC(=S)S.O=C([O-])[S-].O=C([O-])[S-]. The first-order chi connectivity index (χ1) is 6.23. The first-order valence-electron chi connectivity index (χ1n) is 2.85. The normalized spacial score (nSPS) is 6.71. The molecule has 0 aromatic rings. The van der Waals surface area contributed by atoms with Gasteiger partial charge >= 0.3 is 0 Å². The average Bonchev–Trinajstić information content (AvgIpc) is 1.82. The molecule has 0 bridgehead atoms. The number of carbonyl (C=O) groups excluding carboxylic acids is 2. The Morgan fingerprint density at radius 2 is 1.57 bits per heavy atom. The van der Waals surface area contributed by atoms with Crippen LogP contribution in [-0.4, -0.2) is 21.6 Å². The quantitative estimate of drug-likeness (QED) is 0.370. The number of rotatable bonds is 1. The van der Waals surface area contributed by atoms with Crippen molar-refractivity contribution in [2.45, 2.75) is 6.92 Å². The van der Waals surface area contributed by atoms with Gasteiger partial charge in [-0.15, -0.1) is 0 Å². The minimum absolute atomic E-state index is 0.317. The summed E-state index contributed by atoms with van der Waals surface area (Å²) in [5.41, 5.74) is 0. The summed E-state index contributed by atoms with van der Waals surface area (Å²) in [4.78, 5) is 17.4. The molecule has 5 nitrogen and oxygen atoms in total. The van der Waals surface area contributed by atoms with Gasteiger partial charge in [0.2, 0.25) is 4.38 Å². The van der Waals surface area contributed by atoms with Crippen LogP contribution in [0.15, 0.2) is 0 Å². The van der Waals surface area contributed by atoms with E-state index in [1.807, 2.05) is 6.92 Å². The molecule has 0 unspecified atom stereocenters. The molecular weight excluding hydrogens is 268 g/mol. The highest BCUT2D eigenvalue weighted by molar-refractivity contribution is 8.10. The van der Waals surface area contributed by atoms with Crippen molar-refractivity contribution in [1.82, 2.24) is 0 Å². The van der Waals surface area contributed by atoms with Crippen molar-refractivity contribution >= 4 is 65.1 Å². The summed E-state index contributed by atoms with van der Waals surface area (Å²) < 4.78 is 4.95. The lowest BCUT2D eigenvalue weighted by molar-refractivity contribution is -0.233. The number of hydrogen-bond acceptors (Lipinski definition) is 8. The molecule has 0 fully saturated rings. The predicted molar refractivity (Wildman–Crippen MR) is 58.7 cm³/mol. The molecule has 0 aromatic carbocycles. The maximum absolute atomic E-state index is 8.70. The van der Waals surface area contributed by atoms with Gasteiger partial charge in [-0.25, -0.2) is 0 Å². The fourth-order valence-corrected chi connectivity index (χ4v) is 0.370. The Morgan fingerprint density at radius 1 is 1.36 bits per heavy atom. The molecule has 84 valence electrons. The third-order valence-corrected chi connectivity index (χ3v) is 0.515. The standard InChI is InChI=1S/C3H6OS2.2CH2O2S/c1-2-4-3(5)6;2*2-1(3)4/h2H2,1H3,(H,5,6);2*4H,(H,2,3)/p-4. The zero-order valence-electron chi connectivity index (χ0n) is 6.92. The molecule has 0 saturated heterocycles. The Balaban J connectivity index is -0.000000135. The van der Waals surface area contributed by atoms with E-state index >= 15 is 0 Å². The lowest BCUT2D eigenvalue weighted by Crippen LogP contribution is -2.15. The molecule has 0 aromatic heterocycles. The fourth-order valence-electron chi connectivity index (χ4n) is 0.123. The number of carbonyl (C=O) groups is 2. The van der Waals surface area contributed by atoms with Crippen LogP contribution in [0.25, 0.3) is 0 Å². The van der Waals surface area contributed by atoms with Crippen molar-refractivity contribution in [3.05, 3.63) is 0 Å². The van der Waals surface area contributed by atoms with Crippen molar-refractivity contribution in [2.75, 3.05) is 6.61 Å². The van der Waals surface area contributed by atoms with E-state index in [-0.39, 0.29) is 0 Å². The van der Waals surface area contributed by atoms with Gasteiger partial charge < -0.3 is 49.8 Å². The van der Waals surface area contributed by atoms with Crippen molar-refractivity contribution in [3.8, 4) is 0 Å². The second-order valence-electron chi connectivity index (χ2n) is 1.20. The van der Waals surface area contributed by atoms with Crippen molar-refractivity contribution in [2.24, 2.45) is 0 Å². The highest BCUT2D eigenvalue weighted by Gasteiger charge is 1.77. The van der Waals surface area contributed by atoms with Crippen LogP contribution in [-0.2, 0) is 30.0 Å². The van der Waals surface area contributed by atoms with Gasteiger partial charge in [0, 0.05) is 0 Å². The van der Waals surface area contributed by atoms with Crippen molar-refractivity contribution in [3.63, 3.8) is 0 Å². The Kier molecular flexibility index (Phi) is 20.8. The molecule has 0 heterocycles. The van der Waals surface area contributed by atoms with Crippen molar-refractivity contribution < 1.29 is 24.5 Å². The second kappa shape index (κ2) is 15.1. The van der Waals surface area contributed by atoms with Crippen LogP contribution in [0.2, 0.25) is 0 Å². The monoisotopic (exact) mass is 274 g/mol. The maximum Gasteiger partial charge on any atom is 0.216 e. The summed E-state index contributed by atoms with van der Waals surface area (Å²) in [5, 5.41) is 14.4. The average molecular weight is 274 g/mol. The molecule has 0 spiro atoms. The van der Waals surface area contributed by atoms with Gasteiger partial charge in [-0.05, 0) is 19.1 Å². The highest BCUT2D eigenvalue weighted by Crippen LogP contribution is 1.83. The zero-order valence-corrected chi connectivity index (χ0v) is 10.3. The predicted octanol–water partition coefficient (Wildman–Crippen LogP) is -1.01. The minimum atomic E-state index is -1.50. The summed E-state index contributed by atoms with van der Waals surface area (Å²) in [5.74, 6) is 0. The van der Waals surface area contributed by atoms with Crippen LogP contribution < -0.4 is 10.2 Å². The van der Waals surface area contributed by atoms with Gasteiger partial charge in [-0.2, -0.15) is 0 Å². The van der Waals surface area contributed by atoms with Crippen LogP contribution in [0.3, 0.4) is 0 Å². The lowest BCUT2D eigenvalue weighted by Gasteiger charge is -1.98. The molecule has 0 amide bonds. The molecule has 0 rings (SSSR count). The zero-order chi connectivity index (χ0) is 12.1. The van der Waals surface area contributed by atoms with E-state index in [9.17, 15) is 0 Å².